The Morgan fingerprint density at radius 1 is 1.28 bits per heavy atom. The molecular weight excluding hydrogens is 489 g/mol. The third-order valence-electron chi connectivity index (χ3n) is 6.79. The summed E-state index contributed by atoms with van der Waals surface area (Å²) in [6.45, 7) is 2.10. The Labute approximate surface area is 202 Å². The maximum Gasteiger partial charge on any atom is 0.417 e. The van der Waals surface area contributed by atoms with E-state index < -0.39 is 52.5 Å². The van der Waals surface area contributed by atoms with E-state index in [0.29, 0.717) is 0 Å². The predicted molar refractivity (Wildman–Crippen MR) is 121 cm³/mol. The number of benzene rings is 1. The number of rotatable bonds is 6. The van der Waals surface area contributed by atoms with Crippen LogP contribution in [0.5, 0.6) is 5.75 Å². The first kappa shape index (κ1) is 25.8. The molecule has 1 aromatic carbocycles. The van der Waals surface area contributed by atoms with Gasteiger partial charge in [0.1, 0.15) is 11.9 Å². The van der Waals surface area contributed by atoms with Gasteiger partial charge in [0.25, 0.3) is 0 Å². The van der Waals surface area contributed by atoms with Gasteiger partial charge in [0.15, 0.2) is 22.6 Å². The lowest BCUT2D eigenvalue weighted by atomic mass is 9.76. The normalized spacial score (nSPS) is 24.3. The molecule has 4 rings (SSSR count). The highest BCUT2D eigenvalue weighted by Crippen LogP contribution is 2.59. The molecule has 0 spiro atoms. The van der Waals surface area contributed by atoms with Gasteiger partial charge in [-0.25, -0.2) is 9.37 Å². The van der Waals surface area contributed by atoms with Crippen molar-refractivity contribution < 1.29 is 36.5 Å². The summed E-state index contributed by atoms with van der Waals surface area (Å²) >= 11 is 0. The summed E-state index contributed by atoms with van der Waals surface area (Å²) in [5.41, 5.74) is -2.97. The van der Waals surface area contributed by atoms with E-state index >= 15 is 0 Å². The number of aliphatic hydroxyl groups is 1. The number of ether oxygens (including phenoxy) is 2. The quantitative estimate of drug-likeness (QED) is 0.422. The van der Waals surface area contributed by atoms with Crippen LogP contribution in [0.1, 0.15) is 37.1 Å². The fourth-order valence-corrected chi connectivity index (χ4v) is 4.76. The smallest absolute Gasteiger partial charge is 0.417 e. The van der Waals surface area contributed by atoms with Crippen molar-refractivity contribution in [2.45, 2.75) is 37.6 Å². The number of methoxy groups -OCH3 is 1. The van der Waals surface area contributed by atoms with Crippen LogP contribution in [-0.2, 0) is 4.74 Å². The Balaban J connectivity index is 1.92. The molecule has 7 nitrogen and oxygen atoms in total. The van der Waals surface area contributed by atoms with Gasteiger partial charge in [0, 0.05) is 41.9 Å². The van der Waals surface area contributed by atoms with E-state index in [1.165, 1.54) is 19.2 Å². The molecule has 2 aromatic heterocycles. The number of fused-ring (bicyclic) bond motifs is 1. The van der Waals surface area contributed by atoms with Gasteiger partial charge in [-0.3, -0.25) is 4.79 Å². The minimum absolute atomic E-state index is 0.0171. The molecule has 4 atom stereocenters. The lowest BCUT2D eigenvalue weighted by Crippen LogP contribution is -2.46. The summed E-state index contributed by atoms with van der Waals surface area (Å²) in [6, 6.07) is 4.55. The van der Waals surface area contributed by atoms with Crippen molar-refractivity contribution in [3.8, 4) is 5.75 Å². The average molecular weight is 513 g/mol. The standard InChI is InChI=1S/C24H24F5N3O4/c1-11-17(12-4-5-13(25)19(26)20(12)35-3)21(36-23(11,2)24(27,28)29)15-10-16(34)18-14(32-15)6-7-30-22(18)31-8-9-33/h4-7,10-11,17,21,33H,8-9H2,1-3H3,(H,30,31)(H,32,34)/t11-,17-,21-,23+/m0/s1. The second-order valence-electron chi connectivity index (χ2n) is 8.76. The number of nitrogens with zero attached hydrogens (tertiary/aromatic N) is 1. The zero-order valence-electron chi connectivity index (χ0n) is 19.5. The molecule has 0 amide bonds. The van der Waals surface area contributed by atoms with E-state index in [9.17, 15) is 26.7 Å². The molecule has 1 fully saturated rings. The van der Waals surface area contributed by atoms with Crippen LogP contribution in [0.2, 0.25) is 0 Å². The monoisotopic (exact) mass is 513 g/mol. The minimum Gasteiger partial charge on any atom is -0.493 e. The molecule has 0 radical (unpaired) electrons. The van der Waals surface area contributed by atoms with Crippen molar-refractivity contribution in [1.82, 2.24) is 9.97 Å². The number of H-pyrrole nitrogens is 1. The lowest BCUT2D eigenvalue weighted by Gasteiger charge is -2.32. The Hall–Kier alpha value is -3.25. The zero-order chi connectivity index (χ0) is 26.4. The first-order valence-electron chi connectivity index (χ1n) is 11.1. The molecule has 0 bridgehead atoms. The van der Waals surface area contributed by atoms with Crippen molar-refractivity contribution >= 4 is 16.7 Å². The van der Waals surface area contributed by atoms with Crippen LogP contribution >= 0.6 is 0 Å². The molecular formula is C24H24F5N3O4. The number of aromatic amines is 1. The van der Waals surface area contributed by atoms with Crippen molar-refractivity contribution in [2.24, 2.45) is 5.92 Å². The molecule has 1 saturated heterocycles. The van der Waals surface area contributed by atoms with Crippen molar-refractivity contribution in [1.29, 1.82) is 0 Å². The van der Waals surface area contributed by atoms with E-state index in [2.05, 4.69) is 15.3 Å². The summed E-state index contributed by atoms with van der Waals surface area (Å²) in [5, 5.41) is 12.0. The summed E-state index contributed by atoms with van der Waals surface area (Å²) in [6.07, 6.45) is -4.81. The fraction of sp³-hybridized carbons (Fsp3) is 0.417. The molecule has 12 heteroatoms. The van der Waals surface area contributed by atoms with Crippen molar-refractivity contribution in [3.05, 3.63) is 63.6 Å². The average Bonchev–Trinajstić information content (AvgIpc) is 3.10. The second kappa shape index (κ2) is 9.32. The summed E-state index contributed by atoms with van der Waals surface area (Å²) in [5.74, 6) is -5.34. The first-order valence-corrected chi connectivity index (χ1v) is 11.1. The van der Waals surface area contributed by atoms with Crippen LogP contribution in [0, 0.1) is 17.6 Å². The molecule has 36 heavy (non-hydrogen) atoms. The molecule has 0 aliphatic carbocycles. The van der Waals surface area contributed by atoms with Gasteiger partial charge in [-0.05, 0) is 19.1 Å². The first-order chi connectivity index (χ1) is 16.9. The molecule has 3 aromatic rings. The third-order valence-corrected chi connectivity index (χ3v) is 6.79. The number of aliphatic hydroxyl groups excluding tert-OH is 1. The minimum atomic E-state index is -4.81. The number of pyridine rings is 2. The van der Waals surface area contributed by atoms with Gasteiger partial charge >= 0.3 is 6.18 Å². The van der Waals surface area contributed by atoms with E-state index in [1.54, 1.807) is 0 Å². The highest BCUT2D eigenvalue weighted by molar-refractivity contribution is 5.88. The van der Waals surface area contributed by atoms with Gasteiger partial charge in [0.2, 0.25) is 5.82 Å². The van der Waals surface area contributed by atoms with Crippen LogP contribution in [-0.4, -0.2) is 47.1 Å². The van der Waals surface area contributed by atoms with E-state index in [4.69, 9.17) is 14.6 Å². The second-order valence-corrected chi connectivity index (χ2v) is 8.76. The molecule has 1 aliphatic rings. The van der Waals surface area contributed by atoms with E-state index in [1.807, 2.05) is 0 Å². The maximum atomic E-state index is 14.6. The van der Waals surface area contributed by atoms with Crippen LogP contribution < -0.4 is 15.5 Å². The number of anilines is 1. The fourth-order valence-electron chi connectivity index (χ4n) is 4.76. The maximum absolute atomic E-state index is 14.6. The summed E-state index contributed by atoms with van der Waals surface area (Å²) < 4.78 is 81.7. The molecule has 0 saturated carbocycles. The third kappa shape index (κ3) is 4.07. The SMILES string of the molecule is COc1c([C@H]2[C@H](c3cc(=O)c4c(NCCO)nccc4[nH]3)O[C@@](C)(C(F)(F)F)[C@H]2C)ccc(F)c1F. The van der Waals surface area contributed by atoms with Gasteiger partial charge < -0.3 is 24.9 Å². The topological polar surface area (TPSA) is 96.5 Å². The van der Waals surface area contributed by atoms with E-state index in [-0.39, 0.29) is 41.1 Å². The number of nitrogens with one attached hydrogen (secondary N) is 2. The molecule has 3 N–H and O–H groups in total. The highest BCUT2D eigenvalue weighted by Gasteiger charge is 2.65. The molecule has 3 heterocycles. The van der Waals surface area contributed by atoms with Crippen molar-refractivity contribution in [3.63, 3.8) is 0 Å². The number of hydrogen-bond acceptors (Lipinski definition) is 6. The van der Waals surface area contributed by atoms with Crippen LogP contribution in [0.15, 0.2) is 35.3 Å². The van der Waals surface area contributed by atoms with Gasteiger partial charge in [0.05, 0.1) is 24.6 Å². The van der Waals surface area contributed by atoms with Crippen molar-refractivity contribution in [2.75, 3.05) is 25.6 Å². The summed E-state index contributed by atoms with van der Waals surface area (Å²) in [4.78, 5) is 20.1. The highest BCUT2D eigenvalue weighted by atomic mass is 19.4. The zero-order valence-corrected chi connectivity index (χ0v) is 19.5. The number of alkyl halides is 3. The summed E-state index contributed by atoms with van der Waals surface area (Å²) in [7, 11) is 1.09. The Morgan fingerprint density at radius 2 is 2.00 bits per heavy atom. The predicted octanol–water partition coefficient (Wildman–Crippen LogP) is 4.43. The number of aromatic nitrogens is 2. The van der Waals surface area contributed by atoms with Gasteiger partial charge in [-0.15, -0.1) is 0 Å². The Kier molecular flexibility index (Phi) is 6.69. The molecule has 194 valence electrons. The Morgan fingerprint density at radius 3 is 2.64 bits per heavy atom. The van der Waals surface area contributed by atoms with E-state index in [0.717, 1.165) is 32.2 Å². The van der Waals surface area contributed by atoms with Crippen LogP contribution in [0.3, 0.4) is 0 Å². The van der Waals surface area contributed by atoms with Crippen LogP contribution in [0.25, 0.3) is 10.9 Å². The van der Waals surface area contributed by atoms with Gasteiger partial charge in [-0.1, -0.05) is 13.0 Å². The number of hydrogen-bond donors (Lipinski definition) is 3. The largest absolute Gasteiger partial charge is 0.493 e. The van der Waals surface area contributed by atoms with Crippen LogP contribution in [0.4, 0.5) is 27.8 Å². The number of halogens is 5. The molecule has 1 aliphatic heterocycles. The lowest BCUT2D eigenvalue weighted by molar-refractivity contribution is -0.275. The molecule has 0 unspecified atom stereocenters. The Bertz CT molecular complexity index is 1350. The van der Waals surface area contributed by atoms with Gasteiger partial charge in [-0.2, -0.15) is 17.6 Å².